The lowest BCUT2D eigenvalue weighted by Gasteiger charge is -1.99. The average Bonchev–Trinajstić information content (AvgIpc) is 2.20. The Kier molecular flexibility index (Phi) is 2.17. The summed E-state index contributed by atoms with van der Waals surface area (Å²) in [4.78, 5) is 0. The fraction of sp³-hybridized carbons (Fsp3) is 0.600. The summed E-state index contributed by atoms with van der Waals surface area (Å²) in [5.74, 6) is 6.85. The van der Waals surface area contributed by atoms with Gasteiger partial charge in [-0.1, -0.05) is 18.4 Å². The van der Waals surface area contributed by atoms with Gasteiger partial charge in [0, 0.05) is 5.57 Å². The molecule has 0 fully saturated rings. The van der Waals surface area contributed by atoms with Crippen LogP contribution in [0.15, 0.2) is 11.1 Å². The van der Waals surface area contributed by atoms with Crippen molar-refractivity contribution in [3.63, 3.8) is 0 Å². The third-order valence-corrected chi connectivity index (χ3v) is 2.16. The molecule has 10 heavy (non-hydrogen) atoms. The molecule has 1 atom stereocenters. The second-order valence-corrected chi connectivity index (χ2v) is 3.01. The Morgan fingerprint density at radius 1 is 1.50 bits per heavy atom. The number of hydrogen-bond donors (Lipinski definition) is 0. The fourth-order valence-electron chi connectivity index (χ4n) is 1.50. The van der Waals surface area contributed by atoms with Crippen LogP contribution in [0.5, 0.6) is 0 Å². The maximum atomic E-state index is 3.17. The Bertz CT molecular complexity index is 210. The largest absolute Gasteiger partial charge is 0.102 e. The first-order chi connectivity index (χ1) is 4.75. The summed E-state index contributed by atoms with van der Waals surface area (Å²) in [5, 5.41) is 0. The minimum absolute atomic E-state index is 0.715. The molecule has 0 aromatic heterocycles. The zero-order valence-electron chi connectivity index (χ0n) is 6.99. The molecule has 1 rings (SSSR count). The summed E-state index contributed by atoms with van der Waals surface area (Å²) in [6.07, 6.45) is 2.56. The van der Waals surface area contributed by atoms with Crippen LogP contribution < -0.4 is 0 Å². The van der Waals surface area contributed by atoms with Crippen molar-refractivity contribution in [1.29, 1.82) is 0 Å². The second-order valence-electron chi connectivity index (χ2n) is 3.01. The van der Waals surface area contributed by atoms with E-state index >= 15 is 0 Å². The molecule has 0 spiro atoms. The third kappa shape index (κ3) is 1.24. The molecule has 1 aliphatic carbocycles. The number of allylic oxidation sites excluding steroid dienone is 2. The molecule has 0 aliphatic heterocycles. The van der Waals surface area contributed by atoms with Gasteiger partial charge in [-0.25, -0.2) is 0 Å². The molecular weight excluding hydrogens is 120 g/mol. The van der Waals surface area contributed by atoms with E-state index in [-0.39, 0.29) is 0 Å². The highest BCUT2D eigenvalue weighted by molar-refractivity contribution is 5.37. The second kappa shape index (κ2) is 2.92. The summed E-state index contributed by atoms with van der Waals surface area (Å²) in [6, 6.07) is 0. The van der Waals surface area contributed by atoms with Gasteiger partial charge in [-0.2, -0.15) is 0 Å². The quantitative estimate of drug-likeness (QED) is 0.447. The minimum Gasteiger partial charge on any atom is -0.102 e. The summed E-state index contributed by atoms with van der Waals surface area (Å²) in [6.45, 7) is 6.37. The predicted molar refractivity (Wildman–Crippen MR) is 44.5 cm³/mol. The lowest BCUT2D eigenvalue weighted by atomic mass is 10.0. The number of rotatable bonds is 0. The van der Waals surface area contributed by atoms with Crippen molar-refractivity contribution in [3.05, 3.63) is 11.1 Å². The fourth-order valence-corrected chi connectivity index (χ4v) is 1.50. The maximum Gasteiger partial charge on any atom is 0.00377 e. The summed E-state index contributed by atoms with van der Waals surface area (Å²) >= 11 is 0. The Morgan fingerprint density at radius 3 is 2.60 bits per heavy atom. The van der Waals surface area contributed by atoms with Crippen molar-refractivity contribution in [3.8, 4) is 11.8 Å². The van der Waals surface area contributed by atoms with Crippen LogP contribution in [-0.4, -0.2) is 0 Å². The van der Waals surface area contributed by atoms with Gasteiger partial charge in [0.1, 0.15) is 0 Å². The molecule has 0 bridgehead atoms. The molecule has 0 radical (unpaired) electrons. The average molecular weight is 134 g/mol. The van der Waals surface area contributed by atoms with Gasteiger partial charge in [0.25, 0.3) is 0 Å². The Hall–Kier alpha value is -0.700. The van der Waals surface area contributed by atoms with Gasteiger partial charge in [-0.3, -0.25) is 0 Å². The molecule has 0 heterocycles. The van der Waals surface area contributed by atoms with E-state index in [1.807, 2.05) is 6.92 Å². The molecule has 0 aromatic carbocycles. The van der Waals surface area contributed by atoms with Crippen LogP contribution in [0.4, 0.5) is 0 Å². The van der Waals surface area contributed by atoms with E-state index in [9.17, 15) is 0 Å². The van der Waals surface area contributed by atoms with Gasteiger partial charge in [0.05, 0.1) is 0 Å². The monoisotopic (exact) mass is 134 g/mol. The smallest absolute Gasteiger partial charge is 0.00377 e. The lowest BCUT2D eigenvalue weighted by Crippen LogP contribution is -1.89. The van der Waals surface area contributed by atoms with E-state index in [1.54, 1.807) is 0 Å². The van der Waals surface area contributed by atoms with Crippen LogP contribution in [0, 0.1) is 17.8 Å². The van der Waals surface area contributed by atoms with Crippen LogP contribution in [0.2, 0.25) is 0 Å². The predicted octanol–water partition coefficient (Wildman–Crippen LogP) is 2.76. The first-order valence-corrected chi connectivity index (χ1v) is 3.88. The zero-order valence-corrected chi connectivity index (χ0v) is 6.99. The highest BCUT2D eigenvalue weighted by atomic mass is 14.2. The van der Waals surface area contributed by atoms with Gasteiger partial charge in [-0.05, 0) is 32.6 Å². The van der Waals surface area contributed by atoms with Gasteiger partial charge in [0.2, 0.25) is 0 Å². The van der Waals surface area contributed by atoms with Crippen LogP contribution in [0.3, 0.4) is 0 Å². The summed E-state index contributed by atoms with van der Waals surface area (Å²) < 4.78 is 0. The van der Waals surface area contributed by atoms with Crippen molar-refractivity contribution in [2.45, 2.75) is 33.6 Å². The standard InChI is InChI=1S/C10H14/c1-4-5-10-8(2)6-7-9(10)3/h8H,6-7H2,1-3H3. The molecule has 1 aliphatic rings. The van der Waals surface area contributed by atoms with Crippen LogP contribution in [-0.2, 0) is 0 Å². The lowest BCUT2D eigenvalue weighted by molar-refractivity contribution is 0.683. The Labute approximate surface area is 63.3 Å². The van der Waals surface area contributed by atoms with E-state index in [1.165, 1.54) is 24.0 Å². The van der Waals surface area contributed by atoms with E-state index in [0.29, 0.717) is 5.92 Å². The van der Waals surface area contributed by atoms with Crippen LogP contribution in [0.1, 0.15) is 33.6 Å². The first kappa shape index (κ1) is 7.41. The molecule has 54 valence electrons. The third-order valence-electron chi connectivity index (χ3n) is 2.16. The highest BCUT2D eigenvalue weighted by Gasteiger charge is 2.16. The summed E-state index contributed by atoms with van der Waals surface area (Å²) in [7, 11) is 0. The maximum absolute atomic E-state index is 3.17. The number of hydrogen-bond acceptors (Lipinski definition) is 0. The molecule has 0 saturated heterocycles. The Morgan fingerprint density at radius 2 is 2.20 bits per heavy atom. The minimum atomic E-state index is 0.715. The summed E-state index contributed by atoms with van der Waals surface area (Å²) in [5.41, 5.74) is 2.89. The molecule has 0 nitrogen and oxygen atoms in total. The molecular formula is C10H14. The molecule has 0 aromatic rings. The van der Waals surface area contributed by atoms with Gasteiger partial charge in [0.15, 0.2) is 0 Å². The van der Waals surface area contributed by atoms with Crippen LogP contribution >= 0.6 is 0 Å². The van der Waals surface area contributed by atoms with E-state index in [0.717, 1.165) is 0 Å². The van der Waals surface area contributed by atoms with E-state index in [2.05, 4.69) is 25.7 Å². The van der Waals surface area contributed by atoms with Crippen molar-refractivity contribution >= 4 is 0 Å². The molecule has 0 N–H and O–H groups in total. The van der Waals surface area contributed by atoms with Gasteiger partial charge in [-0.15, -0.1) is 5.92 Å². The van der Waals surface area contributed by atoms with Crippen molar-refractivity contribution in [1.82, 2.24) is 0 Å². The molecule has 0 saturated carbocycles. The van der Waals surface area contributed by atoms with Gasteiger partial charge >= 0.3 is 0 Å². The van der Waals surface area contributed by atoms with E-state index < -0.39 is 0 Å². The molecule has 0 amide bonds. The normalized spacial score (nSPS) is 24.5. The topological polar surface area (TPSA) is 0 Å². The van der Waals surface area contributed by atoms with Crippen molar-refractivity contribution in [2.24, 2.45) is 5.92 Å². The van der Waals surface area contributed by atoms with Crippen molar-refractivity contribution in [2.75, 3.05) is 0 Å². The van der Waals surface area contributed by atoms with Crippen LogP contribution in [0.25, 0.3) is 0 Å². The zero-order chi connectivity index (χ0) is 7.56. The molecule has 1 unspecified atom stereocenters. The Balaban J connectivity index is 2.85. The highest BCUT2D eigenvalue weighted by Crippen LogP contribution is 2.30. The SMILES string of the molecule is CC#CC1=C(C)CCC1C. The van der Waals surface area contributed by atoms with Crippen molar-refractivity contribution < 1.29 is 0 Å². The molecule has 0 heteroatoms. The van der Waals surface area contributed by atoms with Gasteiger partial charge < -0.3 is 0 Å². The van der Waals surface area contributed by atoms with E-state index in [4.69, 9.17) is 0 Å². The first-order valence-electron chi connectivity index (χ1n) is 3.88.